The molecule has 0 amide bonds. The molecule has 0 aromatic heterocycles. The number of rotatable bonds is 2. The molecule has 1 heterocycles. The van der Waals surface area contributed by atoms with Crippen LogP contribution in [0.15, 0.2) is 176 Å². The van der Waals surface area contributed by atoms with Crippen LogP contribution in [0.2, 0.25) is 0 Å². The first-order chi connectivity index (χ1) is 24.3. The van der Waals surface area contributed by atoms with E-state index in [1.165, 1.54) is 89.5 Å². The van der Waals surface area contributed by atoms with E-state index in [2.05, 4.69) is 195 Å². The second-order valence-electron chi connectivity index (χ2n) is 13.2. The lowest BCUT2D eigenvalue weighted by molar-refractivity contribution is 0.754. The first-order valence-corrected chi connectivity index (χ1v) is 17.4. The first kappa shape index (κ1) is 29.2. The van der Waals surface area contributed by atoms with Crippen molar-refractivity contribution in [2.75, 3.05) is 4.90 Å². The van der Waals surface area contributed by atoms with E-state index in [1.807, 2.05) is 0 Å². The Morgan fingerprint density at radius 1 is 0.429 bits per heavy atom. The number of hydrogen-bond acceptors (Lipinski definition) is 1. The molecule has 0 fully saturated rings. The standard InChI is InChI=1S/C45H29N.C3H8/c1-2-14-33(15-3-1)46-42-23-10-8-21-40(42)45(41-22-9-11-24-43(41)46)39-20-7-6-17-36(39)37-19-12-18-35(44(37)45)32-28-27-31-26-25-30-13-4-5-16-34(30)38(31)29-32;1-3-2/h1-29H;3H2,1-2H3. The fraction of sp³-hybridized carbons (Fsp3) is 0.0833. The fourth-order valence-corrected chi connectivity index (χ4v) is 8.43. The van der Waals surface area contributed by atoms with Crippen LogP contribution in [-0.2, 0) is 5.41 Å². The fourth-order valence-electron chi connectivity index (χ4n) is 8.43. The van der Waals surface area contributed by atoms with Gasteiger partial charge in [-0.25, -0.2) is 0 Å². The van der Waals surface area contributed by atoms with Gasteiger partial charge in [-0.15, -0.1) is 0 Å². The largest absolute Gasteiger partial charge is 0.310 e. The van der Waals surface area contributed by atoms with Gasteiger partial charge in [0, 0.05) is 5.69 Å². The zero-order valence-electron chi connectivity index (χ0n) is 27.9. The molecule has 1 aliphatic carbocycles. The second kappa shape index (κ2) is 11.6. The van der Waals surface area contributed by atoms with Gasteiger partial charge in [-0.2, -0.15) is 0 Å². The van der Waals surface area contributed by atoms with Gasteiger partial charge in [0.15, 0.2) is 0 Å². The highest BCUT2D eigenvalue weighted by Gasteiger charge is 2.52. The van der Waals surface area contributed by atoms with Crippen LogP contribution in [0.3, 0.4) is 0 Å². The van der Waals surface area contributed by atoms with Gasteiger partial charge >= 0.3 is 0 Å². The Hall–Kier alpha value is -5.92. The molecule has 0 saturated carbocycles. The van der Waals surface area contributed by atoms with E-state index in [0.717, 1.165) is 0 Å². The molecule has 49 heavy (non-hydrogen) atoms. The number of hydrogen-bond donors (Lipinski definition) is 0. The number of benzene rings is 8. The van der Waals surface area contributed by atoms with E-state index < -0.39 is 5.41 Å². The van der Waals surface area contributed by atoms with Gasteiger partial charge < -0.3 is 4.90 Å². The predicted molar refractivity (Wildman–Crippen MR) is 208 cm³/mol. The first-order valence-electron chi connectivity index (χ1n) is 17.4. The summed E-state index contributed by atoms with van der Waals surface area (Å²) in [6, 6.07) is 65.1. The van der Waals surface area contributed by atoms with Gasteiger partial charge in [-0.05, 0) is 96.4 Å². The quantitative estimate of drug-likeness (QED) is 0.172. The number of anilines is 3. The summed E-state index contributed by atoms with van der Waals surface area (Å²) in [5.41, 5.74) is 13.6. The van der Waals surface area contributed by atoms with E-state index >= 15 is 0 Å². The van der Waals surface area contributed by atoms with Crippen molar-refractivity contribution in [3.8, 4) is 22.3 Å². The highest BCUT2D eigenvalue weighted by Crippen LogP contribution is 2.64. The van der Waals surface area contributed by atoms with Gasteiger partial charge in [0.25, 0.3) is 0 Å². The lowest BCUT2D eigenvalue weighted by Crippen LogP contribution is -2.36. The van der Waals surface area contributed by atoms with Gasteiger partial charge in [-0.3, -0.25) is 0 Å². The average Bonchev–Trinajstić information content (AvgIpc) is 3.46. The minimum absolute atomic E-state index is 0.491. The summed E-state index contributed by atoms with van der Waals surface area (Å²) in [5.74, 6) is 0. The highest BCUT2D eigenvalue weighted by molar-refractivity contribution is 6.09. The summed E-state index contributed by atoms with van der Waals surface area (Å²) in [6.07, 6.45) is 1.25. The molecular weight excluding hydrogens is 591 g/mol. The van der Waals surface area contributed by atoms with Crippen LogP contribution < -0.4 is 4.90 Å². The van der Waals surface area contributed by atoms with E-state index in [4.69, 9.17) is 0 Å². The number of nitrogens with zero attached hydrogens (tertiary/aromatic N) is 1. The third kappa shape index (κ3) is 4.25. The van der Waals surface area contributed by atoms with E-state index in [0.29, 0.717) is 0 Å². The van der Waals surface area contributed by atoms with Gasteiger partial charge in [-0.1, -0.05) is 166 Å². The van der Waals surface area contributed by atoms with Crippen LogP contribution in [-0.4, -0.2) is 0 Å². The van der Waals surface area contributed by atoms with Crippen LogP contribution in [0.5, 0.6) is 0 Å². The Balaban J connectivity index is 0.00000105. The zero-order chi connectivity index (χ0) is 33.0. The third-order valence-electron chi connectivity index (χ3n) is 10.2. The summed E-state index contributed by atoms with van der Waals surface area (Å²) in [6.45, 7) is 4.25. The molecule has 1 nitrogen and oxygen atoms in total. The van der Waals surface area contributed by atoms with Crippen molar-refractivity contribution in [1.82, 2.24) is 0 Å². The lowest BCUT2D eigenvalue weighted by atomic mass is 9.63. The highest BCUT2D eigenvalue weighted by atomic mass is 15.2. The molecule has 234 valence electrons. The van der Waals surface area contributed by atoms with Gasteiger partial charge in [0.2, 0.25) is 0 Å². The Morgan fingerprint density at radius 3 is 1.69 bits per heavy atom. The molecule has 0 N–H and O–H groups in total. The van der Waals surface area contributed by atoms with Crippen molar-refractivity contribution in [1.29, 1.82) is 0 Å². The van der Waals surface area contributed by atoms with Crippen LogP contribution in [0.1, 0.15) is 42.5 Å². The van der Waals surface area contributed by atoms with E-state index in [-0.39, 0.29) is 0 Å². The topological polar surface area (TPSA) is 3.24 Å². The molecule has 0 radical (unpaired) electrons. The molecule has 1 heteroatoms. The third-order valence-corrected chi connectivity index (χ3v) is 10.2. The SMILES string of the molecule is CCC.c1ccc(N2c3ccccc3C3(c4ccccc4-c4cccc(-c5ccc6ccc7ccccc7c6c5)c43)c3ccccc32)cc1. The summed E-state index contributed by atoms with van der Waals surface area (Å²) in [4.78, 5) is 2.45. The van der Waals surface area contributed by atoms with E-state index in [9.17, 15) is 0 Å². The van der Waals surface area contributed by atoms with Crippen LogP contribution in [0.4, 0.5) is 17.1 Å². The van der Waals surface area contributed by atoms with Crippen LogP contribution in [0.25, 0.3) is 43.8 Å². The molecule has 0 saturated heterocycles. The minimum Gasteiger partial charge on any atom is -0.310 e. The Labute approximate surface area is 288 Å². The predicted octanol–water partition coefficient (Wildman–Crippen LogP) is 13.2. The molecule has 1 aliphatic heterocycles. The van der Waals surface area contributed by atoms with Crippen molar-refractivity contribution >= 4 is 38.6 Å². The Bertz CT molecular complexity index is 2460. The molecule has 8 aromatic rings. The molecular formula is C48H37N. The van der Waals surface area contributed by atoms with Crippen molar-refractivity contribution in [2.45, 2.75) is 25.7 Å². The normalized spacial score (nSPS) is 13.3. The van der Waals surface area contributed by atoms with Crippen molar-refractivity contribution < 1.29 is 0 Å². The van der Waals surface area contributed by atoms with Gasteiger partial charge in [0.1, 0.15) is 0 Å². The molecule has 0 unspecified atom stereocenters. The Kier molecular flexibility index (Phi) is 6.95. The van der Waals surface area contributed by atoms with Crippen molar-refractivity contribution in [3.63, 3.8) is 0 Å². The molecule has 10 rings (SSSR count). The van der Waals surface area contributed by atoms with Crippen LogP contribution in [0, 0.1) is 0 Å². The van der Waals surface area contributed by atoms with E-state index in [1.54, 1.807) is 0 Å². The van der Waals surface area contributed by atoms with Gasteiger partial charge in [0.05, 0.1) is 16.8 Å². The Morgan fingerprint density at radius 2 is 0.959 bits per heavy atom. The maximum absolute atomic E-state index is 2.45. The summed E-state index contributed by atoms with van der Waals surface area (Å²) >= 11 is 0. The molecule has 0 atom stereocenters. The minimum atomic E-state index is -0.491. The summed E-state index contributed by atoms with van der Waals surface area (Å²) in [5, 5.41) is 5.11. The summed E-state index contributed by atoms with van der Waals surface area (Å²) in [7, 11) is 0. The zero-order valence-corrected chi connectivity index (χ0v) is 27.9. The molecule has 1 spiro atoms. The maximum Gasteiger partial charge on any atom is 0.0760 e. The molecule has 8 aromatic carbocycles. The second-order valence-corrected chi connectivity index (χ2v) is 13.2. The van der Waals surface area contributed by atoms with Crippen LogP contribution >= 0.6 is 0 Å². The molecule has 2 aliphatic rings. The number of fused-ring (bicyclic) bond motifs is 12. The lowest BCUT2D eigenvalue weighted by Gasteiger charge is -2.45. The smallest absolute Gasteiger partial charge is 0.0760 e. The maximum atomic E-state index is 2.45. The molecule has 0 bridgehead atoms. The average molecular weight is 628 g/mol. The van der Waals surface area contributed by atoms with Crippen molar-refractivity contribution in [3.05, 3.63) is 198 Å². The number of para-hydroxylation sites is 3. The summed E-state index contributed by atoms with van der Waals surface area (Å²) < 4.78 is 0. The monoisotopic (exact) mass is 627 g/mol. The van der Waals surface area contributed by atoms with Crippen molar-refractivity contribution in [2.24, 2.45) is 0 Å².